The molecular weight excluding hydrogens is 302 g/mol. The van der Waals surface area contributed by atoms with Gasteiger partial charge in [-0.25, -0.2) is 4.98 Å². The van der Waals surface area contributed by atoms with Crippen LogP contribution in [0.5, 0.6) is 5.75 Å². The number of hydrogen-bond donors (Lipinski definition) is 1. The van der Waals surface area contributed by atoms with Gasteiger partial charge in [0.1, 0.15) is 17.9 Å². The number of amides is 1. The van der Waals surface area contributed by atoms with Crippen LogP contribution < -0.4 is 19.9 Å². The van der Waals surface area contributed by atoms with E-state index in [1.54, 1.807) is 0 Å². The molecule has 2 heterocycles. The van der Waals surface area contributed by atoms with E-state index >= 15 is 0 Å². The minimum atomic E-state index is -0.0680. The van der Waals surface area contributed by atoms with Crippen molar-refractivity contribution in [1.29, 1.82) is 0 Å². The predicted octanol–water partition coefficient (Wildman–Crippen LogP) is 2.22. The van der Waals surface area contributed by atoms with Crippen molar-refractivity contribution in [3.05, 3.63) is 53.7 Å². The minimum Gasteiger partial charge on any atom is -0.492 e. The van der Waals surface area contributed by atoms with Crippen molar-refractivity contribution in [3.63, 3.8) is 0 Å². The van der Waals surface area contributed by atoms with Crippen LogP contribution in [0.15, 0.2) is 42.6 Å². The topological polar surface area (TPSA) is 55.7 Å². The molecule has 5 heteroatoms. The fourth-order valence-electron chi connectivity index (χ4n) is 2.95. The van der Waals surface area contributed by atoms with E-state index in [0.29, 0.717) is 18.7 Å². The summed E-state index contributed by atoms with van der Waals surface area (Å²) >= 11 is 0. The van der Waals surface area contributed by atoms with Gasteiger partial charge in [0.15, 0.2) is 0 Å². The van der Waals surface area contributed by atoms with Crippen molar-refractivity contribution in [3.8, 4) is 5.75 Å². The molecule has 1 aliphatic heterocycles. The molecule has 0 spiro atoms. The Morgan fingerprint density at radius 3 is 2.88 bits per heavy atom. The van der Waals surface area contributed by atoms with E-state index in [4.69, 9.17) is 4.74 Å². The number of benzene rings is 1. The van der Waals surface area contributed by atoms with Crippen LogP contribution in [0, 0.1) is 6.92 Å². The number of aryl methyl sites for hydroxylation is 1. The molecule has 1 aromatic carbocycles. The molecule has 2 N–H and O–H groups in total. The molecule has 0 bridgehead atoms. The summed E-state index contributed by atoms with van der Waals surface area (Å²) in [5.41, 5.74) is 1.85. The maximum absolute atomic E-state index is 12.5. The summed E-state index contributed by atoms with van der Waals surface area (Å²) < 4.78 is 5.67. The number of nitrogens with one attached hydrogen (secondary N) is 2. The smallest absolute Gasteiger partial charge is 0.287 e. The Labute approximate surface area is 142 Å². The number of aromatic nitrogens is 1. The van der Waals surface area contributed by atoms with Gasteiger partial charge in [0.2, 0.25) is 0 Å². The highest BCUT2D eigenvalue weighted by Crippen LogP contribution is 2.19. The molecular formula is C19H24N3O2+. The number of anilines is 1. The van der Waals surface area contributed by atoms with Crippen molar-refractivity contribution >= 4 is 11.7 Å². The number of nitrogens with zero attached hydrogens (tertiary/aromatic N) is 1. The van der Waals surface area contributed by atoms with Crippen molar-refractivity contribution in [2.45, 2.75) is 19.8 Å². The first kappa shape index (κ1) is 16.3. The van der Waals surface area contributed by atoms with Gasteiger partial charge >= 0.3 is 0 Å². The molecule has 0 radical (unpaired) electrons. The molecule has 1 amide bonds. The van der Waals surface area contributed by atoms with E-state index < -0.39 is 0 Å². The lowest BCUT2D eigenvalue weighted by Gasteiger charge is -2.13. The van der Waals surface area contributed by atoms with Crippen LogP contribution in [0.2, 0.25) is 0 Å². The number of rotatable bonds is 6. The van der Waals surface area contributed by atoms with Crippen LogP contribution >= 0.6 is 0 Å². The van der Waals surface area contributed by atoms with E-state index in [9.17, 15) is 4.79 Å². The molecule has 0 unspecified atom stereocenters. The Morgan fingerprint density at radius 1 is 1.25 bits per heavy atom. The lowest BCUT2D eigenvalue weighted by molar-refractivity contribution is -0.364. The van der Waals surface area contributed by atoms with Gasteiger partial charge in [-0.1, -0.05) is 12.1 Å². The zero-order valence-electron chi connectivity index (χ0n) is 14.0. The minimum absolute atomic E-state index is 0.0680. The second-order valence-corrected chi connectivity index (χ2v) is 6.05. The second kappa shape index (κ2) is 7.81. The highest BCUT2D eigenvalue weighted by atomic mass is 16.5. The normalized spacial score (nSPS) is 13.8. The van der Waals surface area contributed by atoms with Crippen LogP contribution in [0.25, 0.3) is 0 Å². The van der Waals surface area contributed by atoms with E-state index in [2.05, 4.69) is 15.2 Å². The van der Waals surface area contributed by atoms with Gasteiger partial charge < -0.3 is 10.1 Å². The second-order valence-electron chi connectivity index (χ2n) is 6.05. The number of pyridine rings is 1. The molecule has 2 aromatic rings. The predicted molar refractivity (Wildman–Crippen MR) is 93.5 cm³/mol. The Balaban J connectivity index is 1.54. The number of ether oxygens (including phenoxy) is 1. The summed E-state index contributed by atoms with van der Waals surface area (Å²) in [4.78, 5) is 17.9. The molecule has 0 aliphatic carbocycles. The lowest BCUT2D eigenvalue weighted by atomic mass is 10.2. The molecule has 1 aromatic heterocycles. The van der Waals surface area contributed by atoms with Crippen molar-refractivity contribution < 1.29 is 14.5 Å². The van der Waals surface area contributed by atoms with Crippen LogP contribution in [0.3, 0.4) is 0 Å². The van der Waals surface area contributed by atoms with E-state index in [1.807, 2.05) is 49.5 Å². The molecule has 1 saturated heterocycles. The Morgan fingerprint density at radius 2 is 2.08 bits per heavy atom. The zero-order chi connectivity index (χ0) is 16.8. The quantitative estimate of drug-likeness (QED) is 0.828. The number of aromatic amines is 1. The van der Waals surface area contributed by atoms with Gasteiger partial charge in [-0.05, 0) is 49.6 Å². The third-order valence-corrected chi connectivity index (χ3v) is 4.15. The molecule has 126 valence electrons. The lowest BCUT2D eigenvalue weighted by Crippen LogP contribution is -2.33. The first-order valence-electron chi connectivity index (χ1n) is 8.47. The number of H-pyrrole nitrogens is 1. The Bertz CT molecular complexity index is 697. The van der Waals surface area contributed by atoms with Gasteiger partial charge in [0.25, 0.3) is 11.7 Å². The van der Waals surface area contributed by atoms with Crippen LogP contribution in [0.4, 0.5) is 5.82 Å². The molecule has 0 saturated carbocycles. The summed E-state index contributed by atoms with van der Waals surface area (Å²) in [5, 5.41) is 2.94. The number of hydrogen-bond acceptors (Lipinski definition) is 3. The molecule has 24 heavy (non-hydrogen) atoms. The first-order valence-corrected chi connectivity index (χ1v) is 8.47. The van der Waals surface area contributed by atoms with Crippen LogP contribution in [-0.4, -0.2) is 32.1 Å². The summed E-state index contributed by atoms with van der Waals surface area (Å²) in [6.45, 7) is 4.95. The van der Waals surface area contributed by atoms with E-state index in [0.717, 1.165) is 30.2 Å². The first-order chi connectivity index (χ1) is 11.7. The standard InChI is InChI=1S/C19H23N3O2/c1-15-6-4-7-16(14-15)24-13-10-21-19(23)17-8-5-9-20-18(17)22-11-2-3-12-22/h4-9,14H,2-3,10-13H2,1H3,(H,21,23)/p+1. The fourth-order valence-corrected chi connectivity index (χ4v) is 2.95. The average molecular weight is 326 g/mol. The molecule has 3 rings (SSSR count). The average Bonchev–Trinajstić information content (AvgIpc) is 3.13. The van der Waals surface area contributed by atoms with Gasteiger partial charge in [0, 0.05) is 0 Å². The molecule has 0 atom stereocenters. The van der Waals surface area contributed by atoms with Crippen LogP contribution in [0.1, 0.15) is 28.8 Å². The highest BCUT2D eigenvalue weighted by Gasteiger charge is 2.26. The highest BCUT2D eigenvalue weighted by molar-refractivity contribution is 5.98. The Hall–Kier alpha value is -2.56. The molecule has 1 fully saturated rings. The maximum Gasteiger partial charge on any atom is 0.287 e. The van der Waals surface area contributed by atoms with Gasteiger partial charge in [-0.15, -0.1) is 0 Å². The summed E-state index contributed by atoms with van der Waals surface area (Å²) in [5.74, 6) is 1.67. The van der Waals surface area contributed by atoms with Gasteiger partial charge in [-0.2, -0.15) is 0 Å². The number of carbonyl (C=O) groups excluding carboxylic acids is 1. The third-order valence-electron chi connectivity index (χ3n) is 4.15. The molecule has 5 nitrogen and oxygen atoms in total. The largest absolute Gasteiger partial charge is 0.492 e. The van der Waals surface area contributed by atoms with Crippen molar-refractivity contribution in [2.24, 2.45) is 0 Å². The Kier molecular flexibility index (Phi) is 5.31. The summed E-state index contributed by atoms with van der Waals surface area (Å²) in [7, 11) is 0. The van der Waals surface area contributed by atoms with Gasteiger partial charge in [-0.3, -0.25) is 9.69 Å². The third kappa shape index (κ3) is 4.04. The van der Waals surface area contributed by atoms with Crippen molar-refractivity contribution in [2.75, 3.05) is 31.1 Å². The summed E-state index contributed by atoms with van der Waals surface area (Å²) in [6, 6.07) is 11.6. The maximum atomic E-state index is 12.5. The SMILES string of the molecule is Cc1cccc(OCCNC(=O)c2ccc[nH+]c2N2CCCC2)c1. The monoisotopic (exact) mass is 326 g/mol. The summed E-state index contributed by atoms with van der Waals surface area (Å²) in [6.07, 6.45) is 4.22. The van der Waals surface area contributed by atoms with Crippen molar-refractivity contribution in [1.82, 2.24) is 5.32 Å². The van der Waals surface area contributed by atoms with Gasteiger partial charge in [0.05, 0.1) is 25.8 Å². The fraction of sp³-hybridized carbons (Fsp3) is 0.368. The van der Waals surface area contributed by atoms with Crippen LogP contribution in [-0.2, 0) is 0 Å². The zero-order valence-corrected chi connectivity index (χ0v) is 14.0. The van der Waals surface area contributed by atoms with E-state index in [1.165, 1.54) is 12.8 Å². The molecule has 1 aliphatic rings. The number of carbonyl (C=O) groups is 1. The van der Waals surface area contributed by atoms with E-state index in [-0.39, 0.29) is 5.91 Å².